The highest BCUT2D eigenvalue weighted by Crippen LogP contribution is 2.35. The molecule has 3 heteroatoms. The van der Waals surface area contributed by atoms with Crippen LogP contribution in [0.5, 0.6) is 0 Å². The lowest BCUT2D eigenvalue weighted by Gasteiger charge is -2.13. The van der Waals surface area contributed by atoms with Crippen LogP contribution in [0.1, 0.15) is 12.0 Å². The number of hydrogen-bond acceptors (Lipinski definition) is 3. The van der Waals surface area contributed by atoms with E-state index in [4.69, 9.17) is 15.0 Å². The number of nitrogens with zero attached hydrogens (tertiary/aromatic N) is 3. The summed E-state index contributed by atoms with van der Waals surface area (Å²) >= 11 is 0. The Hall–Kier alpha value is -6.45. The molecule has 3 nitrogen and oxygen atoms in total. The predicted octanol–water partition coefficient (Wildman–Crippen LogP) is 11.8. The van der Waals surface area contributed by atoms with Crippen molar-refractivity contribution in [2.45, 2.75) is 6.42 Å². The van der Waals surface area contributed by atoms with Crippen molar-refractivity contribution in [2.24, 2.45) is 0 Å². The van der Waals surface area contributed by atoms with Gasteiger partial charge in [-0.05, 0) is 81.3 Å². The van der Waals surface area contributed by atoms with E-state index in [0.717, 1.165) is 39.8 Å². The van der Waals surface area contributed by atoms with Gasteiger partial charge in [-0.25, -0.2) is 15.0 Å². The van der Waals surface area contributed by atoms with Crippen LogP contribution in [0.4, 0.5) is 0 Å². The lowest BCUT2D eigenvalue weighted by molar-refractivity contribution is 1.07. The molecule has 0 atom stereocenters. The molecule has 1 aliphatic carbocycles. The molecule has 1 aromatic heterocycles. The molecule has 0 unspecified atom stereocenters. The summed E-state index contributed by atoms with van der Waals surface area (Å²) in [5, 5.41) is 0. The van der Waals surface area contributed by atoms with Crippen LogP contribution in [0.2, 0.25) is 0 Å². The molecule has 0 N–H and O–H groups in total. The van der Waals surface area contributed by atoms with Gasteiger partial charge in [0.15, 0.2) is 17.5 Å². The van der Waals surface area contributed by atoms with E-state index in [1.807, 2.05) is 60.7 Å². The maximum atomic E-state index is 4.96. The van der Waals surface area contributed by atoms with E-state index in [0.29, 0.717) is 17.5 Å². The maximum absolute atomic E-state index is 4.96. The lowest BCUT2D eigenvalue weighted by Crippen LogP contribution is -2.00. The topological polar surface area (TPSA) is 38.7 Å². The molecule has 1 heterocycles. The first kappa shape index (κ1) is 29.9. The van der Waals surface area contributed by atoms with E-state index < -0.39 is 0 Å². The molecule has 1 aliphatic rings. The van der Waals surface area contributed by atoms with Crippen LogP contribution >= 0.6 is 0 Å². The van der Waals surface area contributed by atoms with E-state index in [9.17, 15) is 0 Å². The van der Waals surface area contributed by atoms with Gasteiger partial charge in [-0.1, -0.05) is 158 Å². The summed E-state index contributed by atoms with van der Waals surface area (Å²) in [6.45, 7) is 0. The Morgan fingerprint density at radius 2 is 0.735 bits per heavy atom. The summed E-state index contributed by atoms with van der Waals surface area (Å²) < 4.78 is 0. The summed E-state index contributed by atoms with van der Waals surface area (Å²) in [5.74, 6) is 1.95. The average Bonchev–Trinajstić information content (AvgIpc) is 3.49. The molecule has 0 saturated heterocycles. The van der Waals surface area contributed by atoms with E-state index in [2.05, 4.69) is 127 Å². The number of rotatable bonds is 7. The van der Waals surface area contributed by atoms with Gasteiger partial charge in [-0.15, -0.1) is 0 Å². The third kappa shape index (κ3) is 6.69. The summed E-state index contributed by atoms with van der Waals surface area (Å²) in [5.41, 5.74) is 12.3. The summed E-state index contributed by atoms with van der Waals surface area (Å²) in [4.78, 5) is 14.8. The first-order valence-electron chi connectivity index (χ1n) is 16.6. The van der Waals surface area contributed by atoms with Gasteiger partial charge in [0.2, 0.25) is 0 Å². The average molecular weight is 628 g/mol. The highest BCUT2D eigenvalue weighted by atomic mass is 15.0. The molecule has 7 aromatic rings. The van der Waals surface area contributed by atoms with Gasteiger partial charge in [0.25, 0.3) is 0 Å². The van der Waals surface area contributed by atoms with E-state index in [1.165, 1.54) is 27.8 Å². The minimum Gasteiger partial charge on any atom is -0.208 e. The van der Waals surface area contributed by atoms with Crippen LogP contribution in [0.3, 0.4) is 0 Å². The molecule has 0 radical (unpaired) electrons. The first-order chi connectivity index (χ1) is 24.3. The highest BCUT2D eigenvalue weighted by Gasteiger charge is 2.14. The molecule has 0 aliphatic heterocycles. The zero-order valence-corrected chi connectivity index (χ0v) is 26.9. The Labute approximate surface area is 287 Å². The Bertz CT molecular complexity index is 2280. The quantitative estimate of drug-likeness (QED) is 0.176. The second-order valence-electron chi connectivity index (χ2n) is 12.0. The fourth-order valence-electron chi connectivity index (χ4n) is 6.21. The summed E-state index contributed by atoms with van der Waals surface area (Å²) in [6, 6.07) is 55.0. The van der Waals surface area contributed by atoms with Gasteiger partial charge >= 0.3 is 0 Å². The second kappa shape index (κ2) is 13.7. The van der Waals surface area contributed by atoms with Crippen molar-refractivity contribution in [1.82, 2.24) is 15.0 Å². The van der Waals surface area contributed by atoms with Crippen molar-refractivity contribution in [1.29, 1.82) is 0 Å². The van der Waals surface area contributed by atoms with Crippen molar-refractivity contribution in [2.75, 3.05) is 0 Å². The maximum Gasteiger partial charge on any atom is 0.164 e. The minimum atomic E-state index is 0.644. The van der Waals surface area contributed by atoms with Gasteiger partial charge in [0.1, 0.15) is 0 Å². The SMILES string of the molecule is C1=CCC=C(c2cc(-c3ccccc3)cc(-c3cccc(-c4cccc(-c5nc(-c6ccccc6)nc(-c6ccccc6)n5)c4)c3)c2)C=C1. The molecule has 232 valence electrons. The number of hydrogen-bond donors (Lipinski definition) is 0. The normalized spacial score (nSPS) is 12.4. The monoisotopic (exact) mass is 627 g/mol. The molecule has 6 aromatic carbocycles. The summed E-state index contributed by atoms with van der Waals surface area (Å²) in [7, 11) is 0. The van der Waals surface area contributed by atoms with Crippen LogP contribution in [0.25, 0.3) is 73.1 Å². The summed E-state index contributed by atoms with van der Waals surface area (Å²) in [6.07, 6.45) is 11.8. The Morgan fingerprint density at radius 1 is 0.327 bits per heavy atom. The van der Waals surface area contributed by atoms with Gasteiger partial charge in [0, 0.05) is 16.7 Å². The van der Waals surface area contributed by atoms with Crippen LogP contribution in [0, 0.1) is 0 Å². The van der Waals surface area contributed by atoms with Crippen molar-refractivity contribution >= 4 is 5.57 Å². The largest absolute Gasteiger partial charge is 0.208 e. The Kier molecular flexibility index (Phi) is 8.38. The fraction of sp³-hybridized carbons (Fsp3) is 0.0217. The molecule has 0 saturated carbocycles. The second-order valence-corrected chi connectivity index (χ2v) is 12.0. The van der Waals surface area contributed by atoms with Crippen molar-refractivity contribution in [3.8, 4) is 67.5 Å². The van der Waals surface area contributed by atoms with Crippen molar-refractivity contribution < 1.29 is 0 Å². The molecule has 0 spiro atoms. The molecular weight excluding hydrogens is 595 g/mol. The third-order valence-electron chi connectivity index (χ3n) is 8.72. The molecule has 0 fully saturated rings. The fourth-order valence-corrected chi connectivity index (χ4v) is 6.21. The standard InChI is InChI=1S/C46H33N3/c1-2-7-17-33(16-6-1)41-30-42(34-18-8-3-9-19-34)32-43(31-41)39-26-14-24-37(28-39)38-25-15-27-40(29-38)46-48-44(35-20-10-4-11-21-35)47-45(49-46)36-22-12-5-13-23-36/h1-6,8-32H,7H2. The highest BCUT2D eigenvalue weighted by molar-refractivity contribution is 5.85. The molecule has 0 amide bonds. The van der Waals surface area contributed by atoms with E-state index in [1.54, 1.807) is 0 Å². The van der Waals surface area contributed by atoms with Gasteiger partial charge in [-0.2, -0.15) is 0 Å². The zero-order chi connectivity index (χ0) is 32.8. The van der Waals surface area contributed by atoms with Crippen LogP contribution in [-0.2, 0) is 0 Å². The van der Waals surface area contributed by atoms with Crippen molar-refractivity contribution in [3.63, 3.8) is 0 Å². The smallest absolute Gasteiger partial charge is 0.164 e. The molecular formula is C46H33N3. The lowest BCUT2D eigenvalue weighted by atomic mass is 9.91. The van der Waals surface area contributed by atoms with Crippen LogP contribution in [0.15, 0.2) is 188 Å². The number of aromatic nitrogens is 3. The van der Waals surface area contributed by atoms with Gasteiger partial charge < -0.3 is 0 Å². The van der Waals surface area contributed by atoms with Gasteiger partial charge in [0.05, 0.1) is 0 Å². The predicted molar refractivity (Wildman–Crippen MR) is 203 cm³/mol. The Morgan fingerprint density at radius 3 is 1.33 bits per heavy atom. The minimum absolute atomic E-state index is 0.644. The van der Waals surface area contributed by atoms with Crippen molar-refractivity contribution in [3.05, 3.63) is 194 Å². The van der Waals surface area contributed by atoms with E-state index in [-0.39, 0.29) is 0 Å². The molecule has 49 heavy (non-hydrogen) atoms. The Balaban J connectivity index is 1.20. The third-order valence-corrected chi connectivity index (χ3v) is 8.72. The van der Waals surface area contributed by atoms with E-state index >= 15 is 0 Å². The molecule has 0 bridgehead atoms. The zero-order valence-electron chi connectivity index (χ0n) is 26.9. The number of allylic oxidation sites excluding steroid dienone is 6. The molecule has 8 rings (SSSR count). The van der Waals surface area contributed by atoms with Gasteiger partial charge in [-0.3, -0.25) is 0 Å². The first-order valence-corrected chi connectivity index (χ1v) is 16.6. The van der Waals surface area contributed by atoms with Crippen LogP contribution in [-0.4, -0.2) is 15.0 Å². The number of benzene rings is 6. The van der Waals surface area contributed by atoms with Crippen LogP contribution < -0.4 is 0 Å².